The molecule has 2 aromatic rings. The summed E-state index contributed by atoms with van der Waals surface area (Å²) in [5.41, 5.74) is 0.951. The predicted octanol–water partition coefficient (Wildman–Crippen LogP) is 3.20. The fraction of sp³-hybridized carbons (Fsp3) is 0.353. The van der Waals surface area contributed by atoms with Crippen LogP contribution in [-0.2, 0) is 0 Å². The third-order valence-corrected chi connectivity index (χ3v) is 3.26. The smallest absolute Gasteiger partial charge is 0.275 e. The molecule has 2 N–H and O–H groups in total. The van der Waals surface area contributed by atoms with Crippen molar-refractivity contribution >= 4 is 17.4 Å². The first-order chi connectivity index (χ1) is 11.1. The van der Waals surface area contributed by atoms with Gasteiger partial charge in [-0.2, -0.15) is 0 Å². The van der Waals surface area contributed by atoms with Crippen LogP contribution in [0, 0.1) is 5.92 Å². The Labute approximate surface area is 136 Å². The minimum absolute atomic E-state index is 0.273. The summed E-state index contributed by atoms with van der Waals surface area (Å²) in [4.78, 5) is 20.5. The van der Waals surface area contributed by atoms with Crippen LogP contribution in [0.5, 0.6) is 5.75 Å². The van der Waals surface area contributed by atoms with Gasteiger partial charge in [0.2, 0.25) is 0 Å². The fourth-order valence-corrected chi connectivity index (χ4v) is 1.89. The number of anilines is 2. The second-order valence-corrected chi connectivity index (χ2v) is 5.58. The number of carbonyl (C=O) groups excluding carboxylic acids is 1. The van der Waals surface area contributed by atoms with E-state index in [-0.39, 0.29) is 11.6 Å². The molecule has 1 aromatic heterocycles. The molecule has 6 nitrogen and oxygen atoms in total. The van der Waals surface area contributed by atoms with Crippen molar-refractivity contribution in [3.05, 3.63) is 42.4 Å². The molecule has 0 saturated heterocycles. The molecular weight excluding hydrogens is 292 g/mol. The first kappa shape index (κ1) is 16.7. The van der Waals surface area contributed by atoms with Crippen LogP contribution in [0.1, 0.15) is 30.8 Å². The average molecular weight is 314 g/mol. The molecule has 0 aliphatic rings. The second kappa shape index (κ2) is 8.12. The van der Waals surface area contributed by atoms with Crippen LogP contribution in [0.15, 0.2) is 36.7 Å². The SMILES string of the molecule is COc1ccc(NC(=O)c2cnc(NCCC(C)C)cn2)cc1. The Bertz CT molecular complexity index is 624. The fourth-order valence-electron chi connectivity index (χ4n) is 1.89. The molecule has 1 heterocycles. The van der Waals surface area contributed by atoms with Crippen molar-refractivity contribution in [3.63, 3.8) is 0 Å². The van der Waals surface area contributed by atoms with Gasteiger partial charge in [-0.05, 0) is 36.6 Å². The molecule has 2 rings (SSSR count). The highest BCUT2D eigenvalue weighted by Crippen LogP contribution is 2.15. The lowest BCUT2D eigenvalue weighted by atomic mass is 10.1. The maximum absolute atomic E-state index is 12.1. The van der Waals surface area contributed by atoms with Crippen molar-refractivity contribution < 1.29 is 9.53 Å². The van der Waals surface area contributed by atoms with Crippen molar-refractivity contribution in [2.45, 2.75) is 20.3 Å². The zero-order valence-corrected chi connectivity index (χ0v) is 13.7. The Morgan fingerprint density at radius 3 is 2.48 bits per heavy atom. The van der Waals surface area contributed by atoms with Crippen molar-refractivity contribution in [2.24, 2.45) is 5.92 Å². The standard InChI is InChI=1S/C17H22N4O2/c1-12(2)8-9-18-16-11-19-15(10-20-16)17(22)21-13-4-6-14(23-3)7-5-13/h4-7,10-12H,8-9H2,1-3H3,(H,18,20)(H,21,22). The van der Waals surface area contributed by atoms with Crippen LogP contribution in [-0.4, -0.2) is 29.5 Å². The topological polar surface area (TPSA) is 76.1 Å². The second-order valence-electron chi connectivity index (χ2n) is 5.58. The molecule has 0 bridgehead atoms. The van der Waals surface area contributed by atoms with E-state index in [9.17, 15) is 4.79 Å². The Balaban J connectivity index is 1.91. The van der Waals surface area contributed by atoms with E-state index in [0.717, 1.165) is 18.7 Å². The molecule has 0 saturated carbocycles. The van der Waals surface area contributed by atoms with E-state index in [2.05, 4.69) is 34.4 Å². The van der Waals surface area contributed by atoms with Gasteiger partial charge in [0, 0.05) is 12.2 Å². The quantitative estimate of drug-likeness (QED) is 0.821. The highest BCUT2D eigenvalue weighted by Gasteiger charge is 2.08. The summed E-state index contributed by atoms with van der Waals surface area (Å²) in [5.74, 6) is 1.74. The molecule has 0 spiro atoms. The van der Waals surface area contributed by atoms with Gasteiger partial charge in [0.05, 0.1) is 19.5 Å². The lowest BCUT2D eigenvalue weighted by molar-refractivity contribution is 0.102. The normalized spacial score (nSPS) is 10.4. The van der Waals surface area contributed by atoms with Crippen molar-refractivity contribution in [2.75, 3.05) is 24.3 Å². The molecule has 0 unspecified atom stereocenters. The van der Waals surface area contributed by atoms with Gasteiger partial charge in [-0.15, -0.1) is 0 Å². The Morgan fingerprint density at radius 2 is 1.91 bits per heavy atom. The van der Waals surface area contributed by atoms with Crippen LogP contribution in [0.25, 0.3) is 0 Å². The van der Waals surface area contributed by atoms with E-state index >= 15 is 0 Å². The predicted molar refractivity (Wildman–Crippen MR) is 90.9 cm³/mol. The molecule has 0 aliphatic heterocycles. The van der Waals surface area contributed by atoms with Crippen molar-refractivity contribution in [1.29, 1.82) is 0 Å². The van der Waals surface area contributed by atoms with Gasteiger partial charge in [-0.25, -0.2) is 9.97 Å². The number of ether oxygens (including phenoxy) is 1. The minimum Gasteiger partial charge on any atom is -0.497 e. The van der Waals surface area contributed by atoms with E-state index in [0.29, 0.717) is 17.4 Å². The average Bonchev–Trinajstić information content (AvgIpc) is 2.56. The number of hydrogen-bond acceptors (Lipinski definition) is 5. The first-order valence-electron chi connectivity index (χ1n) is 7.60. The lowest BCUT2D eigenvalue weighted by Gasteiger charge is -2.08. The van der Waals surface area contributed by atoms with Gasteiger partial charge < -0.3 is 15.4 Å². The molecule has 23 heavy (non-hydrogen) atoms. The maximum Gasteiger partial charge on any atom is 0.275 e. The number of benzene rings is 1. The molecule has 0 aliphatic carbocycles. The van der Waals surface area contributed by atoms with Gasteiger partial charge in [0.25, 0.3) is 5.91 Å². The Hall–Kier alpha value is -2.63. The number of rotatable bonds is 7. The van der Waals surface area contributed by atoms with E-state index in [1.807, 2.05) is 0 Å². The Morgan fingerprint density at radius 1 is 1.17 bits per heavy atom. The van der Waals surface area contributed by atoms with E-state index in [4.69, 9.17) is 4.74 Å². The van der Waals surface area contributed by atoms with Crippen LogP contribution >= 0.6 is 0 Å². The van der Waals surface area contributed by atoms with Gasteiger partial charge in [0.1, 0.15) is 17.3 Å². The van der Waals surface area contributed by atoms with Gasteiger partial charge in [-0.1, -0.05) is 13.8 Å². The minimum atomic E-state index is -0.295. The molecular formula is C17H22N4O2. The molecule has 0 atom stereocenters. The number of aromatic nitrogens is 2. The number of hydrogen-bond donors (Lipinski definition) is 2. The number of amides is 1. The Kier molecular flexibility index (Phi) is 5.91. The zero-order chi connectivity index (χ0) is 16.7. The summed E-state index contributed by atoms with van der Waals surface area (Å²) >= 11 is 0. The summed E-state index contributed by atoms with van der Waals surface area (Å²) in [7, 11) is 1.60. The van der Waals surface area contributed by atoms with Gasteiger partial charge >= 0.3 is 0 Å². The maximum atomic E-state index is 12.1. The molecule has 0 radical (unpaired) electrons. The summed E-state index contributed by atoms with van der Waals surface area (Å²) < 4.78 is 5.08. The summed E-state index contributed by atoms with van der Waals surface area (Å²) in [6, 6.07) is 7.10. The van der Waals surface area contributed by atoms with Gasteiger partial charge in [-0.3, -0.25) is 4.79 Å². The van der Waals surface area contributed by atoms with Crippen molar-refractivity contribution in [3.8, 4) is 5.75 Å². The first-order valence-corrected chi connectivity index (χ1v) is 7.60. The third-order valence-electron chi connectivity index (χ3n) is 3.26. The van der Waals surface area contributed by atoms with Crippen molar-refractivity contribution in [1.82, 2.24) is 9.97 Å². The highest BCUT2D eigenvalue weighted by atomic mass is 16.5. The van der Waals surface area contributed by atoms with Crippen LogP contribution < -0.4 is 15.4 Å². The lowest BCUT2D eigenvalue weighted by Crippen LogP contribution is -2.14. The highest BCUT2D eigenvalue weighted by molar-refractivity contribution is 6.02. The number of methoxy groups -OCH3 is 1. The molecule has 122 valence electrons. The van der Waals surface area contributed by atoms with Gasteiger partial charge in [0.15, 0.2) is 0 Å². The molecule has 1 amide bonds. The molecule has 6 heteroatoms. The number of nitrogens with zero attached hydrogens (tertiary/aromatic N) is 2. The molecule has 1 aromatic carbocycles. The van der Waals surface area contributed by atoms with Crippen LogP contribution in [0.4, 0.5) is 11.5 Å². The summed E-state index contributed by atoms with van der Waals surface area (Å²) in [5, 5.41) is 5.95. The van der Waals surface area contributed by atoms with Crippen LogP contribution in [0.3, 0.4) is 0 Å². The molecule has 0 fully saturated rings. The summed E-state index contributed by atoms with van der Waals surface area (Å²) in [6.45, 7) is 5.17. The van der Waals surface area contributed by atoms with Crippen LogP contribution in [0.2, 0.25) is 0 Å². The number of carbonyl (C=O) groups is 1. The van der Waals surface area contributed by atoms with E-state index in [1.54, 1.807) is 37.6 Å². The zero-order valence-electron chi connectivity index (χ0n) is 13.7. The number of nitrogens with one attached hydrogen (secondary N) is 2. The monoisotopic (exact) mass is 314 g/mol. The largest absolute Gasteiger partial charge is 0.497 e. The van der Waals surface area contributed by atoms with E-state index < -0.39 is 0 Å². The summed E-state index contributed by atoms with van der Waals surface area (Å²) in [6.07, 6.45) is 4.10. The third kappa shape index (κ3) is 5.25. The van der Waals surface area contributed by atoms with E-state index in [1.165, 1.54) is 6.20 Å².